The van der Waals surface area contributed by atoms with E-state index in [1.807, 2.05) is 13.0 Å². The van der Waals surface area contributed by atoms with E-state index in [1.54, 1.807) is 0 Å². The lowest BCUT2D eigenvalue weighted by molar-refractivity contribution is 0.158. The standard InChI is InChI=1S/C18H22O/c1-2-18(19)10-6-7-15-11-13-17(14-12-15)16-8-4-3-5-9-16/h3-5,8-9,11-14,18-19H,2,6-7,10H2,1H3. The van der Waals surface area contributed by atoms with Crippen LogP contribution in [0.2, 0.25) is 0 Å². The number of hydrogen-bond acceptors (Lipinski definition) is 1. The van der Waals surface area contributed by atoms with Crippen molar-refractivity contribution in [2.24, 2.45) is 0 Å². The van der Waals surface area contributed by atoms with Gasteiger partial charge in [0.1, 0.15) is 0 Å². The van der Waals surface area contributed by atoms with Crippen LogP contribution < -0.4 is 0 Å². The molecule has 0 aromatic heterocycles. The van der Waals surface area contributed by atoms with Gasteiger partial charge in [-0.2, -0.15) is 0 Å². The smallest absolute Gasteiger partial charge is 0.0537 e. The highest BCUT2D eigenvalue weighted by Gasteiger charge is 2.01. The molecule has 1 heteroatoms. The molecule has 0 saturated heterocycles. The largest absolute Gasteiger partial charge is 0.393 e. The van der Waals surface area contributed by atoms with Crippen LogP contribution in [-0.4, -0.2) is 11.2 Å². The Labute approximate surface area is 115 Å². The van der Waals surface area contributed by atoms with Crippen LogP contribution in [0.25, 0.3) is 11.1 Å². The quantitative estimate of drug-likeness (QED) is 0.807. The lowest BCUT2D eigenvalue weighted by Crippen LogP contribution is -2.04. The molecule has 0 saturated carbocycles. The Bertz CT molecular complexity index is 473. The van der Waals surface area contributed by atoms with Gasteiger partial charge in [-0.1, -0.05) is 61.5 Å². The van der Waals surface area contributed by atoms with Crippen molar-refractivity contribution < 1.29 is 5.11 Å². The number of hydrogen-bond donors (Lipinski definition) is 1. The zero-order valence-electron chi connectivity index (χ0n) is 11.5. The molecule has 2 aromatic carbocycles. The van der Waals surface area contributed by atoms with Crippen LogP contribution in [0.4, 0.5) is 0 Å². The maximum Gasteiger partial charge on any atom is 0.0537 e. The van der Waals surface area contributed by atoms with Crippen molar-refractivity contribution in [3.05, 3.63) is 60.2 Å². The van der Waals surface area contributed by atoms with Crippen molar-refractivity contribution in [3.8, 4) is 11.1 Å². The van der Waals surface area contributed by atoms with Crippen molar-refractivity contribution in [2.45, 2.75) is 38.7 Å². The molecule has 2 rings (SSSR count). The van der Waals surface area contributed by atoms with Gasteiger partial charge in [-0.15, -0.1) is 0 Å². The van der Waals surface area contributed by atoms with E-state index in [2.05, 4.69) is 48.5 Å². The Hall–Kier alpha value is -1.60. The molecule has 0 fully saturated rings. The van der Waals surface area contributed by atoms with E-state index in [9.17, 15) is 5.11 Å². The average molecular weight is 254 g/mol. The SMILES string of the molecule is CCC(O)CCCc1ccc(-c2ccccc2)cc1. The van der Waals surface area contributed by atoms with Crippen LogP contribution in [0.5, 0.6) is 0 Å². The van der Waals surface area contributed by atoms with Gasteiger partial charge in [-0.05, 0) is 42.4 Å². The second-order valence-corrected chi connectivity index (χ2v) is 5.02. The lowest BCUT2D eigenvalue weighted by atomic mass is 10.0. The predicted octanol–water partition coefficient (Wildman–Crippen LogP) is 4.45. The van der Waals surface area contributed by atoms with Gasteiger partial charge in [0.05, 0.1) is 6.10 Å². The highest BCUT2D eigenvalue weighted by atomic mass is 16.3. The molecule has 0 bridgehead atoms. The fourth-order valence-electron chi connectivity index (χ4n) is 2.24. The molecule has 1 nitrogen and oxygen atoms in total. The van der Waals surface area contributed by atoms with E-state index in [1.165, 1.54) is 16.7 Å². The summed E-state index contributed by atoms with van der Waals surface area (Å²) in [6.45, 7) is 2.03. The lowest BCUT2D eigenvalue weighted by Gasteiger charge is -2.08. The van der Waals surface area contributed by atoms with Crippen LogP contribution in [0.1, 0.15) is 31.7 Å². The van der Waals surface area contributed by atoms with E-state index >= 15 is 0 Å². The van der Waals surface area contributed by atoms with Crippen LogP contribution >= 0.6 is 0 Å². The summed E-state index contributed by atoms with van der Waals surface area (Å²) in [7, 11) is 0. The molecule has 0 heterocycles. The minimum Gasteiger partial charge on any atom is -0.393 e. The average Bonchev–Trinajstić information content (AvgIpc) is 2.48. The number of benzene rings is 2. The molecule has 1 N–H and O–H groups in total. The molecular formula is C18H22O. The fourth-order valence-corrected chi connectivity index (χ4v) is 2.24. The summed E-state index contributed by atoms with van der Waals surface area (Å²) in [6, 6.07) is 19.2. The maximum atomic E-state index is 9.53. The Kier molecular flexibility index (Phi) is 5.17. The zero-order valence-corrected chi connectivity index (χ0v) is 11.5. The van der Waals surface area contributed by atoms with Crippen LogP contribution in [0.3, 0.4) is 0 Å². The summed E-state index contributed by atoms with van der Waals surface area (Å²) in [5.41, 5.74) is 3.87. The Balaban J connectivity index is 1.92. The van der Waals surface area contributed by atoms with Crippen molar-refractivity contribution in [2.75, 3.05) is 0 Å². The summed E-state index contributed by atoms with van der Waals surface area (Å²) in [6.07, 6.45) is 3.72. The summed E-state index contributed by atoms with van der Waals surface area (Å²) < 4.78 is 0. The van der Waals surface area contributed by atoms with Gasteiger partial charge in [0.25, 0.3) is 0 Å². The molecule has 0 radical (unpaired) electrons. The Morgan fingerprint density at radius 3 is 2.16 bits per heavy atom. The fraction of sp³-hybridized carbons (Fsp3) is 0.333. The minimum atomic E-state index is -0.136. The normalized spacial score (nSPS) is 12.3. The van der Waals surface area contributed by atoms with Gasteiger partial charge in [0, 0.05) is 0 Å². The minimum absolute atomic E-state index is 0.136. The first-order valence-corrected chi connectivity index (χ1v) is 7.12. The molecule has 0 aliphatic heterocycles. The second kappa shape index (κ2) is 7.10. The van der Waals surface area contributed by atoms with Gasteiger partial charge in [0.2, 0.25) is 0 Å². The molecule has 1 atom stereocenters. The summed E-state index contributed by atoms with van der Waals surface area (Å²) in [5, 5.41) is 9.53. The summed E-state index contributed by atoms with van der Waals surface area (Å²) in [4.78, 5) is 0. The van der Waals surface area contributed by atoms with E-state index < -0.39 is 0 Å². The molecule has 1 unspecified atom stereocenters. The molecule has 19 heavy (non-hydrogen) atoms. The predicted molar refractivity (Wildman–Crippen MR) is 81.1 cm³/mol. The van der Waals surface area contributed by atoms with Crippen molar-refractivity contribution in [1.29, 1.82) is 0 Å². The summed E-state index contributed by atoms with van der Waals surface area (Å²) in [5.74, 6) is 0. The Morgan fingerprint density at radius 1 is 0.895 bits per heavy atom. The molecule has 0 amide bonds. The Morgan fingerprint density at radius 2 is 1.53 bits per heavy atom. The molecular weight excluding hydrogens is 232 g/mol. The number of aliphatic hydroxyl groups is 1. The molecule has 0 aliphatic rings. The third kappa shape index (κ3) is 4.22. The van der Waals surface area contributed by atoms with Gasteiger partial charge in [-0.3, -0.25) is 0 Å². The van der Waals surface area contributed by atoms with Crippen LogP contribution in [-0.2, 0) is 6.42 Å². The van der Waals surface area contributed by atoms with Crippen molar-refractivity contribution in [3.63, 3.8) is 0 Å². The highest BCUT2D eigenvalue weighted by molar-refractivity contribution is 5.63. The van der Waals surface area contributed by atoms with E-state index in [4.69, 9.17) is 0 Å². The number of rotatable bonds is 6. The molecule has 0 spiro atoms. The highest BCUT2D eigenvalue weighted by Crippen LogP contribution is 2.20. The first-order valence-electron chi connectivity index (χ1n) is 7.12. The zero-order chi connectivity index (χ0) is 13.5. The van der Waals surface area contributed by atoms with E-state index in [0.717, 1.165) is 25.7 Å². The van der Waals surface area contributed by atoms with E-state index in [0.29, 0.717) is 0 Å². The molecule has 0 aliphatic carbocycles. The summed E-state index contributed by atoms with van der Waals surface area (Å²) >= 11 is 0. The van der Waals surface area contributed by atoms with E-state index in [-0.39, 0.29) is 6.10 Å². The topological polar surface area (TPSA) is 20.2 Å². The molecule has 2 aromatic rings. The maximum absolute atomic E-state index is 9.53. The third-order valence-electron chi connectivity index (χ3n) is 3.54. The van der Waals surface area contributed by atoms with Crippen molar-refractivity contribution >= 4 is 0 Å². The van der Waals surface area contributed by atoms with Gasteiger partial charge >= 0.3 is 0 Å². The van der Waals surface area contributed by atoms with Crippen LogP contribution in [0.15, 0.2) is 54.6 Å². The van der Waals surface area contributed by atoms with Gasteiger partial charge in [-0.25, -0.2) is 0 Å². The van der Waals surface area contributed by atoms with Gasteiger partial charge < -0.3 is 5.11 Å². The van der Waals surface area contributed by atoms with Crippen LogP contribution in [0, 0.1) is 0 Å². The third-order valence-corrected chi connectivity index (χ3v) is 3.54. The number of aryl methyl sites for hydroxylation is 1. The first-order chi connectivity index (χ1) is 9.29. The molecule has 100 valence electrons. The second-order valence-electron chi connectivity index (χ2n) is 5.02. The monoisotopic (exact) mass is 254 g/mol. The first kappa shape index (κ1) is 13.8. The van der Waals surface area contributed by atoms with Gasteiger partial charge in [0.15, 0.2) is 0 Å². The number of aliphatic hydroxyl groups excluding tert-OH is 1. The van der Waals surface area contributed by atoms with Crippen molar-refractivity contribution in [1.82, 2.24) is 0 Å².